The van der Waals surface area contributed by atoms with Gasteiger partial charge in [-0.05, 0) is 56.0 Å². The van der Waals surface area contributed by atoms with Crippen LogP contribution in [-0.4, -0.2) is 17.5 Å². The molecule has 1 aliphatic rings. The summed E-state index contributed by atoms with van der Waals surface area (Å²) < 4.78 is 0. The number of carbonyl (C=O) groups is 2. The van der Waals surface area contributed by atoms with Gasteiger partial charge in [0.25, 0.3) is 5.91 Å². The molecular formula is C23H27N3O2. The second-order valence-electron chi connectivity index (χ2n) is 7.36. The van der Waals surface area contributed by atoms with Crippen molar-refractivity contribution in [1.82, 2.24) is 5.43 Å². The molecule has 1 aliphatic carbocycles. The molecule has 0 aliphatic heterocycles. The molecule has 5 nitrogen and oxygen atoms in total. The van der Waals surface area contributed by atoms with Gasteiger partial charge in [-0.3, -0.25) is 9.59 Å². The smallest absolute Gasteiger partial charge is 0.271 e. The molecular weight excluding hydrogens is 350 g/mol. The van der Waals surface area contributed by atoms with E-state index in [4.69, 9.17) is 0 Å². The normalized spacial score (nSPS) is 15.1. The van der Waals surface area contributed by atoms with Gasteiger partial charge in [0, 0.05) is 17.2 Å². The minimum Gasteiger partial charge on any atom is -0.326 e. The minimum atomic E-state index is -0.237. The van der Waals surface area contributed by atoms with E-state index in [-0.39, 0.29) is 17.7 Å². The molecule has 2 N–H and O–H groups in total. The first-order valence-corrected chi connectivity index (χ1v) is 9.86. The van der Waals surface area contributed by atoms with Crippen LogP contribution in [0.2, 0.25) is 0 Å². The number of nitrogens with one attached hydrogen (secondary N) is 2. The third-order valence-corrected chi connectivity index (χ3v) is 5.24. The Kier molecular flexibility index (Phi) is 6.58. The van der Waals surface area contributed by atoms with Gasteiger partial charge in [-0.25, -0.2) is 5.43 Å². The Labute approximate surface area is 166 Å². The maximum atomic E-state index is 12.5. The standard InChI is InChI=1S/C23H27N3O2/c1-16-9-6-7-14-21(16)23(28)26-25-17(2)19-12-8-13-20(15-19)24-22(27)18-10-4-3-5-11-18/h6-9,12-15,18H,3-5,10-11H2,1-2H3,(H,24,27)(H,26,28). The van der Waals surface area contributed by atoms with E-state index in [9.17, 15) is 9.59 Å². The average Bonchev–Trinajstić information content (AvgIpc) is 2.73. The molecule has 0 bridgehead atoms. The molecule has 2 aromatic rings. The summed E-state index contributed by atoms with van der Waals surface area (Å²) in [5.74, 6) is -0.0286. The monoisotopic (exact) mass is 377 g/mol. The molecule has 28 heavy (non-hydrogen) atoms. The van der Waals surface area contributed by atoms with Crippen LogP contribution in [0.25, 0.3) is 0 Å². The molecule has 0 unspecified atom stereocenters. The molecule has 0 radical (unpaired) electrons. The molecule has 5 heteroatoms. The molecule has 3 rings (SSSR count). The Morgan fingerprint density at radius 2 is 1.75 bits per heavy atom. The molecule has 0 aromatic heterocycles. The van der Waals surface area contributed by atoms with Crippen molar-refractivity contribution in [1.29, 1.82) is 0 Å². The Balaban J connectivity index is 1.65. The largest absolute Gasteiger partial charge is 0.326 e. The van der Waals surface area contributed by atoms with E-state index in [0.29, 0.717) is 11.3 Å². The first-order valence-electron chi connectivity index (χ1n) is 9.86. The van der Waals surface area contributed by atoms with Crippen molar-refractivity contribution in [2.45, 2.75) is 46.0 Å². The van der Waals surface area contributed by atoms with E-state index in [0.717, 1.165) is 42.5 Å². The summed E-state index contributed by atoms with van der Waals surface area (Å²) in [5, 5.41) is 7.25. The van der Waals surface area contributed by atoms with Crippen molar-refractivity contribution < 1.29 is 9.59 Å². The number of anilines is 1. The molecule has 146 valence electrons. The van der Waals surface area contributed by atoms with Crippen LogP contribution in [0.3, 0.4) is 0 Å². The van der Waals surface area contributed by atoms with Gasteiger partial charge in [-0.2, -0.15) is 5.10 Å². The zero-order chi connectivity index (χ0) is 19.9. The maximum Gasteiger partial charge on any atom is 0.271 e. The second-order valence-corrected chi connectivity index (χ2v) is 7.36. The van der Waals surface area contributed by atoms with E-state index in [1.54, 1.807) is 6.07 Å². The SMILES string of the molecule is CC(=NNC(=O)c1ccccc1C)c1cccc(NC(=O)C2CCCCC2)c1. The highest BCUT2D eigenvalue weighted by Gasteiger charge is 2.21. The van der Waals surface area contributed by atoms with Crippen molar-refractivity contribution in [3.05, 3.63) is 65.2 Å². The van der Waals surface area contributed by atoms with E-state index in [1.165, 1.54) is 6.42 Å². The van der Waals surface area contributed by atoms with E-state index < -0.39 is 0 Å². The highest BCUT2D eigenvalue weighted by atomic mass is 16.2. The highest BCUT2D eigenvalue weighted by molar-refractivity contribution is 6.02. The fourth-order valence-corrected chi connectivity index (χ4v) is 3.52. The van der Waals surface area contributed by atoms with Crippen molar-refractivity contribution >= 4 is 23.2 Å². The topological polar surface area (TPSA) is 70.6 Å². The Morgan fingerprint density at radius 1 is 1.00 bits per heavy atom. The van der Waals surface area contributed by atoms with Crippen LogP contribution in [0.15, 0.2) is 53.6 Å². The van der Waals surface area contributed by atoms with Crippen LogP contribution in [0.1, 0.15) is 60.5 Å². The number of hydrazone groups is 1. The number of amides is 2. The van der Waals surface area contributed by atoms with Gasteiger partial charge < -0.3 is 5.32 Å². The molecule has 0 spiro atoms. The highest BCUT2D eigenvalue weighted by Crippen LogP contribution is 2.25. The van der Waals surface area contributed by atoms with Gasteiger partial charge >= 0.3 is 0 Å². The van der Waals surface area contributed by atoms with Crippen molar-refractivity contribution in [2.24, 2.45) is 11.0 Å². The second kappa shape index (κ2) is 9.31. The van der Waals surface area contributed by atoms with Gasteiger partial charge in [0.15, 0.2) is 0 Å². The lowest BCUT2D eigenvalue weighted by molar-refractivity contribution is -0.120. The number of hydrogen-bond acceptors (Lipinski definition) is 3. The Morgan fingerprint density at radius 3 is 2.50 bits per heavy atom. The van der Waals surface area contributed by atoms with E-state index >= 15 is 0 Å². The molecule has 1 fully saturated rings. The van der Waals surface area contributed by atoms with Crippen LogP contribution < -0.4 is 10.7 Å². The van der Waals surface area contributed by atoms with Crippen LogP contribution in [0.5, 0.6) is 0 Å². The summed E-state index contributed by atoms with van der Waals surface area (Å²) in [7, 11) is 0. The third-order valence-electron chi connectivity index (χ3n) is 5.24. The number of carbonyl (C=O) groups excluding carboxylic acids is 2. The summed E-state index contributed by atoms with van der Waals surface area (Å²) in [6.07, 6.45) is 5.42. The maximum absolute atomic E-state index is 12.5. The van der Waals surface area contributed by atoms with E-state index in [2.05, 4.69) is 15.8 Å². The molecule has 1 saturated carbocycles. The summed E-state index contributed by atoms with van der Waals surface area (Å²) >= 11 is 0. The first kappa shape index (κ1) is 19.8. The van der Waals surface area contributed by atoms with Gasteiger partial charge in [-0.1, -0.05) is 49.6 Å². The molecule has 0 atom stereocenters. The quantitative estimate of drug-likeness (QED) is 0.587. The number of nitrogens with zero attached hydrogens (tertiary/aromatic N) is 1. The van der Waals surface area contributed by atoms with Crippen LogP contribution >= 0.6 is 0 Å². The molecule has 0 heterocycles. The lowest BCUT2D eigenvalue weighted by Gasteiger charge is -2.20. The fourth-order valence-electron chi connectivity index (χ4n) is 3.52. The lowest BCUT2D eigenvalue weighted by atomic mass is 9.88. The Hall–Kier alpha value is -2.95. The van der Waals surface area contributed by atoms with Gasteiger partial charge in [0.1, 0.15) is 0 Å². The van der Waals surface area contributed by atoms with Gasteiger partial charge in [0.05, 0.1) is 5.71 Å². The van der Waals surface area contributed by atoms with E-state index in [1.807, 2.05) is 56.3 Å². The summed E-state index contributed by atoms with van der Waals surface area (Å²) in [6.45, 7) is 3.73. The number of hydrogen-bond donors (Lipinski definition) is 2. The molecule has 2 amide bonds. The van der Waals surface area contributed by atoms with Crippen LogP contribution in [0.4, 0.5) is 5.69 Å². The number of aryl methyl sites for hydroxylation is 1. The van der Waals surface area contributed by atoms with Crippen molar-refractivity contribution in [2.75, 3.05) is 5.32 Å². The number of rotatable bonds is 5. The lowest BCUT2D eigenvalue weighted by Crippen LogP contribution is -2.24. The van der Waals surface area contributed by atoms with Gasteiger partial charge in [-0.15, -0.1) is 0 Å². The zero-order valence-electron chi connectivity index (χ0n) is 16.5. The third kappa shape index (κ3) is 5.06. The Bertz CT molecular complexity index is 883. The van der Waals surface area contributed by atoms with Crippen molar-refractivity contribution in [3.63, 3.8) is 0 Å². The summed E-state index contributed by atoms with van der Waals surface area (Å²) in [5.41, 5.74) is 6.41. The summed E-state index contributed by atoms with van der Waals surface area (Å²) in [6, 6.07) is 15.0. The summed E-state index contributed by atoms with van der Waals surface area (Å²) in [4.78, 5) is 24.8. The zero-order valence-corrected chi connectivity index (χ0v) is 16.5. The predicted octanol–water partition coefficient (Wildman–Crippen LogP) is 4.67. The minimum absolute atomic E-state index is 0.0966. The fraction of sp³-hybridized carbons (Fsp3) is 0.348. The van der Waals surface area contributed by atoms with Crippen LogP contribution in [0, 0.1) is 12.8 Å². The number of benzene rings is 2. The molecule has 2 aromatic carbocycles. The van der Waals surface area contributed by atoms with Crippen LogP contribution in [-0.2, 0) is 4.79 Å². The first-order chi connectivity index (χ1) is 13.5. The van der Waals surface area contributed by atoms with Crippen molar-refractivity contribution in [3.8, 4) is 0 Å². The molecule has 0 saturated heterocycles. The predicted molar refractivity (Wildman–Crippen MR) is 113 cm³/mol. The van der Waals surface area contributed by atoms with Gasteiger partial charge in [0.2, 0.25) is 5.91 Å². The average molecular weight is 377 g/mol.